The van der Waals surface area contributed by atoms with Crippen molar-refractivity contribution >= 4 is 61.6 Å². The summed E-state index contributed by atoms with van der Waals surface area (Å²) in [6.45, 7) is 0. The second-order valence-corrected chi connectivity index (χ2v) is 3.44. The Morgan fingerprint density at radius 3 is 1.59 bits per heavy atom. The number of hydrogen-bond donors (Lipinski definition) is 0. The molecule has 0 aliphatic carbocycles. The zero-order valence-corrected chi connectivity index (χ0v) is 13.9. The van der Waals surface area contributed by atoms with Crippen molar-refractivity contribution < 1.29 is 17.0 Å². The fraction of sp³-hybridized carbons (Fsp3) is 0. The Labute approximate surface area is 138 Å². The minimum Gasteiger partial charge on any atom is -1.00 e. The Balaban J connectivity index is 0.000000853. The molecule has 0 saturated heterocycles. The number of halogens is 2. The predicted molar refractivity (Wildman–Crippen MR) is 76.4 cm³/mol. The van der Waals surface area contributed by atoms with Gasteiger partial charge in [-0.25, -0.2) is 0 Å². The van der Waals surface area contributed by atoms with Crippen LogP contribution in [0.4, 0.5) is 0 Å². The molecule has 0 aliphatic rings. The van der Waals surface area contributed by atoms with Gasteiger partial charge in [-0.2, -0.15) is 0 Å². The van der Waals surface area contributed by atoms with Crippen molar-refractivity contribution in [3.05, 3.63) is 60.7 Å². The molecule has 0 saturated carbocycles. The van der Waals surface area contributed by atoms with E-state index in [9.17, 15) is 0 Å². The molecule has 3 aromatic rings. The van der Waals surface area contributed by atoms with E-state index >= 15 is 0 Å². The average Bonchev–Trinajstić information content (AvgIpc) is 2.26. The van der Waals surface area contributed by atoms with Gasteiger partial charge in [0, 0.05) is 0 Å². The molecule has 3 rings (SSSR count). The van der Waals surface area contributed by atoms with Crippen LogP contribution >= 0.6 is 17.0 Å². The van der Waals surface area contributed by atoms with Crippen LogP contribution in [0.5, 0.6) is 0 Å². The summed E-state index contributed by atoms with van der Waals surface area (Å²) >= 11 is 0. The topological polar surface area (TPSA) is 0 Å². The number of fused-ring (bicyclic) bond motifs is 2. The first-order valence-corrected chi connectivity index (χ1v) is 4.73. The van der Waals surface area contributed by atoms with Gasteiger partial charge in [-0.3, -0.25) is 0 Å². The molecule has 0 amide bonds. The summed E-state index contributed by atoms with van der Waals surface area (Å²) in [5, 5.41) is 4.88. The second-order valence-electron chi connectivity index (χ2n) is 3.44. The number of rotatable bonds is 0. The third-order valence-corrected chi connectivity index (χ3v) is 2.50. The molecule has 0 aromatic heterocycles. The third-order valence-electron chi connectivity index (χ3n) is 2.50. The Kier molecular flexibility index (Phi) is 7.32. The van der Waals surface area contributed by atoms with Gasteiger partial charge < -0.3 is 17.0 Å². The summed E-state index contributed by atoms with van der Waals surface area (Å²) in [7, 11) is 0. The summed E-state index contributed by atoms with van der Waals surface area (Å²) in [6, 6.07) is 22.3. The van der Waals surface area contributed by atoms with Crippen LogP contribution in [-0.2, 0) is 0 Å². The van der Waals surface area contributed by atoms with Crippen LogP contribution in [0.2, 0.25) is 0 Å². The quantitative estimate of drug-likeness (QED) is 0.318. The van der Waals surface area contributed by atoms with Crippen LogP contribution in [-0.4, -0.2) is 23.1 Å². The smallest absolute Gasteiger partial charge is 1.00 e. The number of benzene rings is 3. The van der Waals surface area contributed by atoms with Gasteiger partial charge in [-0.1, -0.05) is 47.2 Å². The average molecular weight is 362 g/mol. The van der Waals surface area contributed by atoms with Crippen molar-refractivity contribution in [1.82, 2.24) is 0 Å². The maximum absolute atomic E-state index is 3.41. The van der Waals surface area contributed by atoms with E-state index in [1.165, 1.54) is 21.5 Å². The zero-order valence-electron chi connectivity index (χ0n) is 9.19. The van der Waals surface area contributed by atoms with Crippen LogP contribution in [0.1, 0.15) is 0 Å². The van der Waals surface area contributed by atoms with Crippen LogP contribution in [0.15, 0.2) is 54.6 Å². The summed E-state index contributed by atoms with van der Waals surface area (Å²) < 4.78 is 0. The molecule has 0 nitrogen and oxygen atoms in total. The minimum absolute atomic E-state index is 0. The molecule has 3 aromatic carbocycles. The molecule has 3 heteroatoms. The maximum Gasteiger partial charge on any atom is 2.00 e. The molecule has 0 heterocycles. The first-order chi connectivity index (χ1) is 6.93. The van der Waals surface area contributed by atoms with Crippen LogP contribution in [0.25, 0.3) is 21.5 Å². The summed E-state index contributed by atoms with van der Waals surface area (Å²) in [6.07, 6.45) is 0. The molecule has 0 radical (unpaired) electrons. The molecule has 0 bridgehead atoms. The molecule has 0 unspecified atom stereocenters. The van der Waals surface area contributed by atoms with E-state index in [-0.39, 0.29) is 57.0 Å². The Hall–Kier alpha value is -0.0938. The first-order valence-electron chi connectivity index (χ1n) is 4.73. The van der Waals surface area contributed by atoms with Crippen LogP contribution in [0, 0.1) is 6.07 Å². The van der Waals surface area contributed by atoms with Crippen molar-refractivity contribution in [2.75, 3.05) is 0 Å². The van der Waals surface area contributed by atoms with E-state index in [1.54, 1.807) is 0 Å². The largest absolute Gasteiger partial charge is 2.00 e. The molecule has 0 N–H and O–H groups in total. The molecular weight excluding hydrogens is 352 g/mol. The van der Waals surface area contributed by atoms with Gasteiger partial charge in [0.25, 0.3) is 0 Å². The van der Waals surface area contributed by atoms with Crippen LogP contribution < -0.4 is 17.0 Å². The zero-order chi connectivity index (χ0) is 9.38. The molecule has 17 heavy (non-hydrogen) atoms. The molecular formula is C14H10Br2Mg. The molecule has 82 valence electrons. The normalized spacial score (nSPS) is 8.94. The van der Waals surface area contributed by atoms with E-state index in [0.717, 1.165) is 0 Å². The summed E-state index contributed by atoms with van der Waals surface area (Å²) in [5.41, 5.74) is 0. The first kappa shape index (κ1) is 16.9. The Bertz CT molecular complexity index is 503. The second kappa shape index (κ2) is 7.36. The van der Waals surface area contributed by atoms with E-state index in [4.69, 9.17) is 0 Å². The van der Waals surface area contributed by atoms with E-state index in [1.807, 2.05) is 12.1 Å². The summed E-state index contributed by atoms with van der Waals surface area (Å²) in [5.74, 6) is 0. The van der Waals surface area contributed by atoms with Gasteiger partial charge in [0.15, 0.2) is 0 Å². The molecule has 0 fully saturated rings. The van der Waals surface area contributed by atoms with Crippen molar-refractivity contribution in [3.8, 4) is 0 Å². The van der Waals surface area contributed by atoms with Gasteiger partial charge in [0.1, 0.15) is 0 Å². The van der Waals surface area contributed by atoms with Gasteiger partial charge in [-0.05, 0) is 0 Å². The van der Waals surface area contributed by atoms with Crippen molar-refractivity contribution in [1.29, 1.82) is 0 Å². The van der Waals surface area contributed by atoms with Gasteiger partial charge in [-0.15, -0.1) is 52.0 Å². The number of hydrogen-bond acceptors (Lipinski definition) is 0. The predicted octanol–water partition coefficient (Wildman–Crippen LogP) is 0.994. The molecule has 0 spiro atoms. The van der Waals surface area contributed by atoms with E-state index in [2.05, 4.69) is 48.5 Å². The summed E-state index contributed by atoms with van der Waals surface area (Å²) in [4.78, 5) is 0. The minimum atomic E-state index is 0. The van der Waals surface area contributed by atoms with Crippen molar-refractivity contribution in [2.45, 2.75) is 0 Å². The van der Waals surface area contributed by atoms with E-state index < -0.39 is 0 Å². The maximum atomic E-state index is 3.41. The molecule has 0 aliphatic heterocycles. The van der Waals surface area contributed by atoms with Crippen molar-refractivity contribution in [2.24, 2.45) is 0 Å². The third kappa shape index (κ3) is 3.44. The van der Waals surface area contributed by atoms with Crippen LogP contribution in [0.3, 0.4) is 0 Å². The standard InChI is InChI=1S/C14H9.2BrH.Mg/c1-2-6-12-10-14-8-4-3-7-13(14)9-11(12)5-1;;;/h1-9H;2*1H;/q-1;;;+2/p-1. The fourth-order valence-electron chi connectivity index (χ4n) is 1.79. The Morgan fingerprint density at radius 2 is 1.12 bits per heavy atom. The van der Waals surface area contributed by atoms with Gasteiger partial charge in [0.2, 0.25) is 0 Å². The van der Waals surface area contributed by atoms with Gasteiger partial charge >= 0.3 is 23.1 Å². The molecule has 0 atom stereocenters. The van der Waals surface area contributed by atoms with E-state index in [0.29, 0.717) is 0 Å². The fourth-order valence-corrected chi connectivity index (χ4v) is 1.79. The van der Waals surface area contributed by atoms with Crippen molar-refractivity contribution in [3.63, 3.8) is 0 Å². The Morgan fingerprint density at radius 1 is 0.706 bits per heavy atom. The van der Waals surface area contributed by atoms with Gasteiger partial charge in [0.05, 0.1) is 0 Å². The SMILES string of the molecule is Br.[Br-].[Mg+2].[c-]1c2ccccc2cc2ccccc12. The monoisotopic (exact) mass is 360 g/mol.